The van der Waals surface area contributed by atoms with E-state index in [1.54, 1.807) is 6.07 Å². The van der Waals surface area contributed by atoms with Crippen molar-refractivity contribution >= 4 is 29.0 Å². The van der Waals surface area contributed by atoms with E-state index in [2.05, 4.69) is 20.5 Å². The number of anilines is 2. The molecule has 0 saturated carbocycles. The zero-order chi connectivity index (χ0) is 12.4. The van der Waals surface area contributed by atoms with Gasteiger partial charge < -0.3 is 11.1 Å². The van der Waals surface area contributed by atoms with E-state index in [0.29, 0.717) is 5.82 Å². The highest BCUT2D eigenvalue weighted by atomic mass is 35.5. The second kappa shape index (κ2) is 4.42. The molecule has 0 aliphatic rings. The van der Waals surface area contributed by atoms with Crippen molar-refractivity contribution in [3.63, 3.8) is 0 Å². The number of hydrogen-bond acceptors (Lipinski definition) is 4. The van der Waals surface area contributed by atoms with Crippen LogP contribution in [0.5, 0.6) is 0 Å². The molecule has 0 atom stereocenters. The standard InChI is InChI=1S/C10H10ClN5O/c1-5-2-9(16-15-5)14-10(17)6-3-8(11)13-4-7(6)12/h2-4H,12H2,1H3,(H2,14,15,16,17). The minimum Gasteiger partial charge on any atom is -0.397 e. The zero-order valence-electron chi connectivity index (χ0n) is 8.99. The topological polar surface area (TPSA) is 96.7 Å². The number of aromatic amines is 1. The molecule has 88 valence electrons. The summed E-state index contributed by atoms with van der Waals surface area (Å²) in [4.78, 5) is 15.6. The largest absolute Gasteiger partial charge is 0.397 e. The van der Waals surface area contributed by atoms with Gasteiger partial charge in [0, 0.05) is 11.8 Å². The first-order valence-electron chi connectivity index (χ1n) is 4.80. The quantitative estimate of drug-likeness (QED) is 0.706. The Kier molecular flexibility index (Phi) is 2.97. The fraction of sp³-hybridized carbons (Fsp3) is 0.100. The average Bonchev–Trinajstić information content (AvgIpc) is 2.67. The van der Waals surface area contributed by atoms with Crippen LogP contribution in [0.15, 0.2) is 18.3 Å². The Morgan fingerprint density at radius 3 is 2.94 bits per heavy atom. The molecule has 0 aromatic carbocycles. The third-order valence-electron chi connectivity index (χ3n) is 2.09. The average molecular weight is 252 g/mol. The second-order valence-electron chi connectivity index (χ2n) is 3.48. The summed E-state index contributed by atoms with van der Waals surface area (Å²) in [5, 5.41) is 9.41. The highest BCUT2D eigenvalue weighted by Crippen LogP contribution is 2.16. The maximum atomic E-state index is 11.9. The van der Waals surface area contributed by atoms with Crippen molar-refractivity contribution in [2.24, 2.45) is 0 Å². The van der Waals surface area contributed by atoms with Gasteiger partial charge >= 0.3 is 0 Å². The molecule has 2 aromatic heterocycles. The molecule has 2 rings (SSSR count). The number of carbonyl (C=O) groups is 1. The minimum absolute atomic E-state index is 0.211. The number of aryl methyl sites for hydroxylation is 1. The smallest absolute Gasteiger partial charge is 0.259 e. The van der Waals surface area contributed by atoms with Crippen LogP contribution < -0.4 is 11.1 Å². The van der Waals surface area contributed by atoms with E-state index in [-0.39, 0.29) is 22.3 Å². The summed E-state index contributed by atoms with van der Waals surface area (Å²) >= 11 is 5.70. The molecule has 2 aromatic rings. The third kappa shape index (κ3) is 2.54. The summed E-state index contributed by atoms with van der Waals surface area (Å²) < 4.78 is 0. The van der Waals surface area contributed by atoms with Gasteiger partial charge in [-0.15, -0.1) is 0 Å². The van der Waals surface area contributed by atoms with Gasteiger partial charge in [0.2, 0.25) is 0 Å². The zero-order valence-corrected chi connectivity index (χ0v) is 9.75. The predicted molar refractivity (Wildman–Crippen MR) is 64.9 cm³/mol. The van der Waals surface area contributed by atoms with Crippen molar-refractivity contribution in [1.82, 2.24) is 15.2 Å². The molecular weight excluding hydrogens is 242 g/mol. The molecule has 0 radical (unpaired) electrons. The third-order valence-corrected chi connectivity index (χ3v) is 2.30. The van der Waals surface area contributed by atoms with Crippen LogP contribution in [0.25, 0.3) is 0 Å². The maximum absolute atomic E-state index is 11.9. The van der Waals surface area contributed by atoms with E-state index in [9.17, 15) is 4.79 Å². The lowest BCUT2D eigenvalue weighted by Gasteiger charge is -2.04. The molecular formula is C10H10ClN5O. The molecule has 0 aliphatic carbocycles. The van der Waals surface area contributed by atoms with Crippen LogP contribution >= 0.6 is 11.6 Å². The van der Waals surface area contributed by atoms with Gasteiger partial charge in [-0.2, -0.15) is 5.10 Å². The Morgan fingerprint density at radius 1 is 1.53 bits per heavy atom. The molecule has 0 unspecified atom stereocenters. The Hall–Kier alpha value is -2.08. The molecule has 7 heteroatoms. The van der Waals surface area contributed by atoms with Crippen molar-refractivity contribution in [1.29, 1.82) is 0 Å². The van der Waals surface area contributed by atoms with Crippen LogP contribution in [-0.4, -0.2) is 21.1 Å². The Bertz CT molecular complexity index is 566. The summed E-state index contributed by atoms with van der Waals surface area (Å²) in [5.41, 5.74) is 7.02. The fourth-order valence-electron chi connectivity index (χ4n) is 1.30. The number of H-pyrrole nitrogens is 1. The number of nitrogen functional groups attached to an aromatic ring is 1. The van der Waals surface area contributed by atoms with E-state index in [1.165, 1.54) is 12.3 Å². The molecule has 4 N–H and O–H groups in total. The normalized spacial score (nSPS) is 10.2. The van der Waals surface area contributed by atoms with Gasteiger partial charge in [0.05, 0.1) is 17.4 Å². The molecule has 0 aliphatic heterocycles. The lowest BCUT2D eigenvalue weighted by Crippen LogP contribution is -2.14. The SMILES string of the molecule is Cc1cc(NC(=O)c2cc(Cl)ncc2N)n[nH]1. The highest BCUT2D eigenvalue weighted by molar-refractivity contribution is 6.30. The highest BCUT2D eigenvalue weighted by Gasteiger charge is 2.12. The Balaban J connectivity index is 2.22. The number of halogens is 1. The summed E-state index contributed by atoms with van der Waals surface area (Å²) in [6, 6.07) is 3.11. The van der Waals surface area contributed by atoms with Gasteiger partial charge in [-0.1, -0.05) is 11.6 Å². The van der Waals surface area contributed by atoms with Crippen LogP contribution in [0.3, 0.4) is 0 Å². The first-order valence-corrected chi connectivity index (χ1v) is 5.18. The van der Waals surface area contributed by atoms with E-state index < -0.39 is 0 Å². The van der Waals surface area contributed by atoms with Gasteiger partial charge in [-0.25, -0.2) is 4.98 Å². The van der Waals surface area contributed by atoms with Crippen molar-refractivity contribution in [3.05, 3.63) is 34.7 Å². The first kappa shape index (κ1) is 11.4. The van der Waals surface area contributed by atoms with Gasteiger partial charge in [-0.05, 0) is 13.0 Å². The molecule has 0 spiro atoms. The van der Waals surface area contributed by atoms with Crippen LogP contribution in [0.2, 0.25) is 5.15 Å². The second-order valence-corrected chi connectivity index (χ2v) is 3.87. The van der Waals surface area contributed by atoms with Crippen molar-refractivity contribution < 1.29 is 4.79 Å². The van der Waals surface area contributed by atoms with E-state index >= 15 is 0 Å². The number of rotatable bonds is 2. The first-order chi connectivity index (χ1) is 8.06. The predicted octanol–water partition coefficient (Wildman–Crippen LogP) is 1.60. The van der Waals surface area contributed by atoms with Crippen LogP contribution in [0.4, 0.5) is 11.5 Å². The number of nitrogens with one attached hydrogen (secondary N) is 2. The summed E-state index contributed by atoms with van der Waals surface area (Å²) in [6.07, 6.45) is 1.34. The summed E-state index contributed by atoms with van der Waals surface area (Å²) in [5.74, 6) is 0.0538. The molecule has 0 saturated heterocycles. The van der Waals surface area contributed by atoms with Gasteiger partial charge in [-0.3, -0.25) is 9.89 Å². The van der Waals surface area contributed by atoms with E-state index in [0.717, 1.165) is 5.69 Å². The maximum Gasteiger partial charge on any atom is 0.259 e. The van der Waals surface area contributed by atoms with E-state index in [4.69, 9.17) is 17.3 Å². The molecule has 0 bridgehead atoms. The lowest BCUT2D eigenvalue weighted by molar-refractivity contribution is 0.102. The summed E-state index contributed by atoms with van der Waals surface area (Å²) in [6.45, 7) is 1.83. The lowest BCUT2D eigenvalue weighted by atomic mass is 10.2. The van der Waals surface area contributed by atoms with Gasteiger partial charge in [0.1, 0.15) is 5.15 Å². The Labute approximate surface area is 102 Å². The molecule has 1 amide bonds. The molecule has 6 nitrogen and oxygen atoms in total. The van der Waals surface area contributed by atoms with Crippen molar-refractivity contribution in [2.75, 3.05) is 11.1 Å². The number of pyridine rings is 1. The minimum atomic E-state index is -0.377. The van der Waals surface area contributed by atoms with E-state index in [1.807, 2.05) is 6.92 Å². The van der Waals surface area contributed by atoms with Crippen molar-refractivity contribution in [2.45, 2.75) is 6.92 Å². The number of nitrogens with two attached hydrogens (primary N) is 1. The summed E-state index contributed by atoms with van der Waals surface area (Å²) in [7, 11) is 0. The van der Waals surface area contributed by atoms with Crippen molar-refractivity contribution in [3.8, 4) is 0 Å². The van der Waals surface area contributed by atoms with Gasteiger partial charge in [0.25, 0.3) is 5.91 Å². The van der Waals surface area contributed by atoms with Crippen LogP contribution in [0, 0.1) is 6.92 Å². The fourth-order valence-corrected chi connectivity index (χ4v) is 1.46. The Morgan fingerprint density at radius 2 is 2.29 bits per heavy atom. The molecule has 2 heterocycles. The molecule has 0 fully saturated rings. The van der Waals surface area contributed by atoms with Crippen LogP contribution in [0.1, 0.15) is 16.1 Å². The number of aromatic nitrogens is 3. The number of amides is 1. The van der Waals surface area contributed by atoms with Crippen LogP contribution in [-0.2, 0) is 0 Å². The number of carbonyl (C=O) groups excluding carboxylic acids is 1. The number of hydrogen-bond donors (Lipinski definition) is 3. The molecule has 17 heavy (non-hydrogen) atoms. The van der Waals surface area contributed by atoms with Gasteiger partial charge in [0.15, 0.2) is 5.82 Å². The number of nitrogens with zero attached hydrogens (tertiary/aromatic N) is 2. The monoisotopic (exact) mass is 251 g/mol.